The fourth-order valence-electron chi connectivity index (χ4n) is 5.21. The molecule has 0 unspecified atom stereocenters. The molecule has 36 heavy (non-hydrogen) atoms. The topological polar surface area (TPSA) is 78.9 Å². The van der Waals surface area contributed by atoms with Crippen molar-refractivity contribution in [1.29, 1.82) is 0 Å². The molecule has 2 aromatic carbocycles. The number of nitrogens with zero attached hydrogens (tertiary/aromatic N) is 1. The number of amides is 2. The van der Waals surface area contributed by atoms with Crippen molar-refractivity contribution in [1.82, 2.24) is 4.90 Å². The molecule has 0 heterocycles. The number of anilines is 1. The molecule has 0 spiro atoms. The summed E-state index contributed by atoms with van der Waals surface area (Å²) in [6.07, 6.45) is 4.41. The molecular formula is C30H42N2O4. The van der Waals surface area contributed by atoms with Crippen molar-refractivity contribution < 1.29 is 19.4 Å². The van der Waals surface area contributed by atoms with Crippen molar-refractivity contribution >= 4 is 17.7 Å². The zero-order valence-corrected chi connectivity index (χ0v) is 22.5. The molecule has 0 bridgehead atoms. The smallest absolute Gasteiger partial charge is 0.322 e. The Labute approximate surface area is 216 Å². The van der Waals surface area contributed by atoms with Crippen LogP contribution in [0.2, 0.25) is 0 Å². The third-order valence-corrected chi connectivity index (χ3v) is 7.21. The predicted molar refractivity (Wildman–Crippen MR) is 144 cm³/mol. The van der Waals surface area contributed by atoms with Crippen molar-refractivity contribution in [3.63, 3.8) is 0 Å². The first-order valence-corrected chi connectivity index (χ1v) is 13.3. The second-order valence-electron chi connectivity index (χ2n) is 10.6. The van der Waals surface area contributed by atoms with Crippen LogP contribution in [0.25, 0.3) is 0 Å². The molecule has 1 aliphatic rings. The number of nitrogens with one attached hydrogen (secondary N) is 1. The molecule has 0 aliphatic heterocycles. The average molecular weight is 495 g/mol. The van der Waals surface area contributed by atoms with Crippen LogP contribution in [0, 0.1) is 5.41 Å². The van der Waals surface area contributed by atoms with E-state index in [0.29, 0.717) is 32.5 Å². The van der Waals surface area contributed by atoms with Crippen LogP contribution in [-0.2, 0) is 16.1 Å². The summed E-state index contributed by atoms with van der Waals surface area (Å²) in [5, 5.41) is 13.0. The Bertz CT molecular complexity index is 997. The van der Waals surface area contributed by atoms with E-state index in [0.717, 1.165) is 41.6 Å². The number of hydrogen-bond donors (Lipinski definition) is 2. The van der Waals surface area contributed by atoms with E-state index in [1.54, 1.807) is 17.0 Å². The summed E-state index contributed by atoms with van der Waals surface area (Å²) in [4.78, 5) is 28.9. The highest BCUT2D eigenvalue weighted by atomic mass is 16.5. The van der Waals surface area contributed by atoms with Crippen LogP contribution in [0.15, 0.2) is 42.5 Å². The average Bonchev–Trinajstić information content (AvgIpc) is 2.85. The van der Waals surface area contributed by atoms with Gasteiger partial charge >= 0.3 is 12.0 Å². The number of benzene rings is 2. The quantitative estimate of drug-likeness (QED) is 0.362. The molecule has 0 saturated heterocycles. The number of esters is 1. The minimum atomic E-state index is -0.707. The van der Waals surface area contributed by atoms with Gasteiger partial charge in [-0.2, -0.15) is 0 Å². The molecule has 0 radical (unpaired) electrons. The van der Waals surface area contributed by atoms with E-state index < -0.39 is 5.41 Å². The van der Waals surface area contributed by atoms with E-state index >= 15 is 0 Å². The van der Waals surface area contributed by atoms with E-state index in [-0.39, 0.29) is 29.6 Å². The summed E-state index contributed by atoms with van der Waals surface area (Å²) >= 11 is 0. The zero-order valence-electron chi connectivity index (χ0n) is 22.5. The standard InChI is InChI=1S/C30H42N2O4/c1-6-36-28(34)30(17-8-7-9-18-30)20-32(19-23-13-15-24(33)16-14-23)29(35)31-27-25(21(2)3)11-10-12-26(27)22(4)5/h10-16,21-22,33H,6-9,17-20H2,1-5H3,(H,31,35). The Kier molecular flexibility index (Phi) is 9.41. The number of rotatable bonds is 9. The van der Waals surface area contributed by atoms with Crippen LogP contribution < -0.4 is 5.32 Å². The van der Waals surface area contributed by atoms with Gasteiger partial charge in [0.05, 0.1) is 12.0 Å². The third-order valence-electron chi connectivity index (χ3n) is 7.21. The summed E-state index contributed by atoms with van der Waals surface area (Å²) in [6.45, 7) is 11.3. The maximum absolute atomic E-state index is 13.9. The highest BCUT2D eigenvalue weighted by molar-refractivity contribution is 5.92. The van der Waals surface area contributed by atoms with Gasteiger partial charge in [-0.3, -0.25) is 4.79 Å². The number of ether oxygens (including phenoxy) is 1. The fourth-order valence-corrected chi connectivity index (χ4v) is 5.21. The molecule has 1 saturated carbocycles. The van der Waals surface area contributed by atoms with Crippen molar-refractivity contribution in [3.8, 4) is 5.75 Å². The highest BCUT2D eigenvalue weighted by Crippen LogP contribution is 2.39. The van der Waals surface area contributed by atoms with E-state index in [4.69, 9.17) is 4.74 Å². The van der Waals surface area contributed by atoms with Crippen LogP contribution in [0.3, 0.4) is 0 Å². The number of phenols is 1. The Balaban J connectivity index is 1.98. The minimum absolute atomic E-state index is 0.178. The Morgan fingerprint density at radius 3 is 2.08 bits per heavy atom. The molecule has 3 rings (SSSR count). The number of aromatic hydroxyl groups is 1. The number of carbonyl (C=O) groups is 2. The maximum atomic E-state index is 13.9. The molecule has 1 aliphatic carbocycles. The Morgan fingerprint density at radius 2 is 1.56 bits per heavy atom. The first-order valence-electron chi connectivity index (χ1n) is 13.3. The number of carbonyl (C=O) groups excluding carboxylic acids is 2. The van der Waals surface area contributed by atoms with Crippen molar-refractivity contribution in [3.05, 3.63) is 59.2 Å². The van der Waals surface area contributed by atoms with Gasteiger partial charge in [0.25, 0.3) is 0 Å². The van der Waals surface area contributed by atoms with E-state index in [9.17, 15) is 14.7 Å². The summed E-state index contributed by atoms with van der Waals surface area (Å²) in [5.41, 5.74) is 3.23. The van der Waals surface area contributed by atoms with Gasteiger partial charge in [0.2, 0.25) is 0 Å². The SMILES string of the molecule is CCOC(=O)C1(CN(Cc2ccc(O)cc2)C(=O)Nc2c(C(C)C)cccc2C(C)C)CCCCC1. The van der Waals surface area contributed by atoms with Crippen molar-refractivity contribution in [2.45, 2.75) is 85.1 Å². The molecule has 0 aromatic heterocycles. The zero-order chi connectivity index (χ0) is 26.3. The minimum Gasteiger partial charge on any atom is -0.508 e. The lowest BCUT2D eigenvalue weighted by Crippen LogP contribution is -2.48. The molecule has 1 fully saturated rings. The number of para-hydroxylation sites is 1. The van der Waals surface area contributed by atoms with Gasteiger partial charge in [0.1, 0.15) is 5.75 Å². The molecule has 6 nitrogen and oxygen atoms in total. The van der Waals surface area contributed by atoms with E-state index in [1.165, 1.54) is 0 Å². The predicted octanol–water partition coefficient (Wildman–Crippen LogP) is 7.19. The van der Waals surface area contributed by atoms with Gasteiger partial charge in [-0.1, -0.05) is 77.3 Å². The van der Waals surface area contributed by atoms with Gasteiger partial charge in [0, 0.05) is 18.8 Å². The first kappa shape index (κ1) is 27.6. The first-order chi connectivity index (χ1) is 17.2. The fraction of sp³-hybridized carbons (Fsp3) is 0.533. The molecule has 2 aromatic rings. The molecule has 196 valence electrons. The van der Waals surface area contributed by atoms with Gasteiger partial charge in [-0.25, -0.2) is 4.79 Å². The summed E-state index contributed by atoms with van der Waals surface area (Å²) in [7, 11) is 0. The van der Waals surface area contributed by atoms with Crippen molar-refractivity contribution in [2.24, 2.45) is 5.41 Å². The van der Waals surface area contributed by atoms with Crippen molar-refractivity contribution in [2.75, 3.05) is 18.5 Å². The molecular weight excluding hydrogens is 452 g/mol. The van der Waals surface area contributed by atoms with Gasteiger partial charge < -0.3 is 20.1 Å². The second kappa shape index (κ2) is 12.3. The number of hydrogen-bond acceptors (Lipinski definition) is 4. The normalized spacial score (nSPS) is 15.1. The van der Waals surface area contributed by atoms with Crippen LogP contribution in [0.1, 0.15) is 95.2 Å². The molecule has 2 N–H and O–H groups in total. The lowest BCUT2D eigenvalue weighted by atomic mass is 9.73. The lowest BCUT2D eigenvalue weighted by Gasteiger charge is -2.39. The Morgan fingerprint density at radius 1 is 0.972 bits per heavy atom. The van der Waals surface area contributed by atoms with Gasteiger partial charge in [-0.15, -0.1) is 0 Å². The molecule has 0 atom stereocenters. The van der Waals surface area contributed by atoms with Crippen LogP contribution in [0.5, 0.6) is 5.75 Å². The number of phenolic OH excluding ortho intramolecular Hbond substituents is 1. The van der Waals surface area contributed by atoms with E-state index in [1.807, 2.05) is 25.1 Å². The summed E-state index contributed by atoms with van der Waals surface area (Å²) in [5.74, 6) is 0.457. The van der Waals surface area contributed by atoms with E-state index in [2.05, 4.69) is 45.1 Å². The monoisotopic (exact) mass is 494 g/mol. The molecule has 6 heteroatoms. The number of urea groups is 1. The lowest BCUT2D eigenvalue weighted by molar-refractivity contribution is -0.158. The third kappa shape index (κ3) is 6.59. The second-order valence-corrected chi connectivity index (χ2v) is 10.6. The van der Waals surface area contributed by atoms with Gasteiger partial charge in [-0.05, 0) is 60.4 Å². The highest BCUT2D eigenvalue weighted by Gasteiger charge is 2.43. The summed E-state index contributed by atoms with van der Waals surface area (Å²) < 4.78 is 5.52. The van der Waals surface area contributed by atoms with Crippen LogP contribution >= 0.6 is 0 Å². The van der Waals surface area contributed by atoms with Crippen LogP contribution in [0.4, 0.5) is 10.5 Å². The maximum Gasteiger partial charge on any atom is 0.322 e. The van der Waals surface area contributed by atoms with Crippen LogP contribution in [-0.4, -0.2) is 35.2 Å². The Hall–Kier alpha value is -3.02. The van der Waals surface area contributed by atoms with Gasteiger partial charge in [0.15, 0.2) is 0 Å². The largest absolute Gasteiger partial charge is 0.508 e. The molecule has 2 amide bonds. The summed E-state index contributed by atoms with van der Waals surface area (Å²) in [6, 6.07) is 12.8.